The summed E-state index contributed by atoms with van der Waals surface area (Å²) in [6, 6.07) is 0. The van der Waals surface area contributed by atoms with E-state index < -0.39 is 11.7 Å². The largest absolute Gasteiger partial charge is 0.436 e. The normalized spacial score (nSPS) is 28.5. The molecule has 1 aliphatic heterocycles. The van der Waals surface area contributed by atoms with Crippen molar-refractivity contribution in [2.24, 2.45) is 10.7 Å². The second-order valence-corrected chi connectivity index (χ2v) is 2.84. The van der Waals surface area contributed by atoms with Crippen LogP contribution in [0.2, 0.25) is 0 Å². The first-order valence-corrected chi connectivity index (χ1v) is 3.65. The van der Waals surface area contributed by atoms with Gasteiger partial charge in [0.25, 0.3) is 0 Å². The fourth-order valence-corrected chi connectivity index (χ4v) is 0.960. The molecule has 0 aromatic rings. The van der Waals surface area contributed by atoms with E-state index in [9.17, 15) is 4.79 Å². The highest BCUT2D eigenvalue weighted by Gasteiger charge is 2.38. The van der Waals surface area contributed by atoms with Crippen LogP contribution in [0.1, 0.15) is 13.3 Å². The Balaban J connectivity index is 2.61. The number of amidine groups is 1. The highest BCUT2D eigenvalue weighted by molar-refractivity contribution is 6.01. The van der Waals surface area contributed by atoms with Crippen molar-refractivity contribution in [2.45, 2.75) is 18.9 Å². The molecular weight excluding hydrogens is 160 g/mol. The van der Waals surface area contributed by atoms with Crippen molar-refractivity contribution in [1.29, 1.82) is 0 Å². The second-order valence-electron chi connectivity index (χ2n) is 2.84. The van der Waals surface area contributed by atoms with Gasteiger partial charge in [-0.15, -0.1) is 0 Å². The van der Waals surface area contributed by atoms with Crippen LogP contribution in [-0.2, 0) is 9.47 Å². The molecule has 0 fully saturated rings. The zero-order chi connectivity index (χ0) is 9.19. The lowest BCUT2D eigenvalue weighted by molar-refractivity contribution is 0.0636. The van der Waals surface area contributed by atoms with Gasteiger partial charge in [0.2, 0.25) is 0 Å². The molecule has 0 saturated carbocycles. The maximum atomic E-state index is 10.7. The van der Waals surface area contributed by atoms with Gasteiger partial charge in [0.1, 0.15) is 0 Å². The molecule has 1 heterocycles. The van der Waals surface area contributed by atoms with Gasteiger partial charge in [0.15, 0.2) is 11.4 Å². The summed E-state index contributed by atoms with van der Waals surface area (Å²) in [6.45, 7) is 2.20. The van der Waals surface area contributed by atoms with Gasteiger partial charge >= 0.3 is 6.09 Å². The maximum absolute atomic E-state index is 10.7. The maximum Gasteiger partial charge on any atom is 0.436 e. The Bertz CT molecular complexity index is 227. The standard InChI is InChI=1S/C7H12N2O3/c1-7(3-4-11-2)5(8)9-6(10)12-7/h3-4H2,1-2H3,(H2,8,9,10). The van der Waals surface area contributed by atoms with Crippen LogP contribution in [0.4, 0.5) is 4.79 Å². The number of nitrogens with zero attached hydrogens (tertiary/aromatic N) is 1. The number of hydrogen-bond acceptors (Lipinski definition) is 4. The van der Waals surface area contributed by atoms with Crippen LogP contribution in [0.25, 0.3) is 0 Å². The topological polar surface area (TPSA) is 73.9 Å². The Hall–Kier alpha value is -1.10. The van der Waals surface area contributed by atoms with Crippen LogP contribution in [0.15, 0.2) is 4.99 Å². The molecule has 12 heavy (non-hydrogen) atoms. The number of carbonyl (C=O) groups excluding carboxylic acids is 1. The Labute approximate surface area is 70.5 Å². The molecule has 0 saturated heterocycles. The SMILES string of the molecule is COCCC1(C)OC(=O)N=C1N. The number of carbonyl (C=O) groups is 1. The molecule has 68 valence electrons. The fraction of sp³-hybridized carbons (Fsp3) is 0.714. The zero-order valence-electron chi connectivity index (χ0n) is 7.16. The summed E-state index contributed by atoms with van der Waals surface area (Å²) in [5, 5.41) is 0. The van der Waals surface area contributed by atoms with E-state index in [1.54, 1.807) is 14.0 Å². The van der Waals surface area contributed by atoms with Crippen molar-refractivity contribution < 1.29 is 14.3 Å². The lowest BCUT2D eigenvalue weighted by atomic mass is 10.0. The highest BCUT2D eigenvalue weighted by Crippen LogP contribution is 2.21. The van der Waals surface area contributed by atoms with Gasteiger partial charge < -0.3 is 15.2 Å². The van der Waals surface area contributed by atoms with Gasteiger partial charge in [-0.1, -0.05) is 0 Å². The molecule has 1 amide bonds. The fourth-order valence-electron chi connectivity index (χ4n) is 0.960. The van der Waals surface area contributed by atoms with Crippen LogP contribution >= 0.6 is 0 Å². The van der Waals surface area contributed by atoms with Gasteiger partial charge in [-0.2, -0.15) is 4.99 Å². The first-order chi connectivity index (χ1) is 5.58. The third-order valence-corrected chi connectivity index (χ3v) is 1.85. The van der Waals surface area contributed by atoms with Crippen LogP contribution in [-0.4, -0.2) is 31.2 Å². The smallest absolute Gasteiger partial charge is 0.433 e. The summed E-state index contributed by atoms with van der Waals surface area (Å²) >= 11 is 0. The monoisotopic (exact) mass is 172 g/mol. The van der Waals surface area contributed by atoms with E-state index in [1.807, 2.05) is 0 Å². The molecule has 0 aliphatic carbocycles. The van der Waals surface area contributed by atoms with Crippen LogP contribution in [0.3, 0.4) is 0 Å². The lowest BCUT2D eigenvalue weighted by Gasteiger charge is -2.21. The molecule has 1 unspecified atom stereocenters. The van der Waals surface area contributed by atoms with E-state index >= 15 is 0 Å². The number of cyclic esters (lactones) is 1. The molecule has 2 N–H and O–H groups in total. The molecule has 0 aromatic heterocycles. The summed E-state index contributed by atoms with van der Waals surface area (Å²) in [5.41, 5.74) is 4.72. The average Bonchev–Trinajstić information content (AvgIpc) is 2.23. The number of aliphatic imine (C=N–C) groups is 1. The zero-order valence-corrected chi connectivity index (χ0v) is 7.16. The molecule has 1 rings (SSSR count). The van der Waals surface area contributed by atoms with Crippen molar-refractivity contribution in [3.63, 3.8) is 0 Å². The molecule has 0 radical (unpaired) electrons. The predicted octanol–water partition coefficient (Wildman–Crippen LogP) is 0.289. The predicted molar refractivity (Wildman–Crippen MR) is 43.0 cm³/mol. The summed E-state index contributed by atoms with van der Waals surface area (Å²) in [4.78, 5) is 14.2. The first-order valence-electron chi connectivity index (χ1n) is 3.65. The van der Waals surface area contributed by atoms with Gasteiger partial charge in [-0.25, -0.2) is 4.79 Å². The molecule has 0 aromatic carbocycles. The lowest BCUT2D eigenvalue weighted by Crippen LogP contribution is -2.40. The minimum absolute atomic E-state index is 0.226. The van der Waals surface area contributed by atoms with Crippen molar-refractivity contribution in [3.05, 3.63) is 0 Å². The number of hydrogen-bond donors (Lipinski definition) is 1. The molecule has 1 atom stereocenters. The molecule has 0 bridgehead atoms. The molecule has 5 nitrogen and oxygen atoms in total. The van der Waals surface area contributed by atoms with Crippen LogP contribution < -0.4 is 5.73 Å². The van der Waals surface area contributed by atoms with E-state index in [-0.39, 0.29) is 5.84 Å². The Morgan fingerprint density at radius 3 is 2.83 bits per heavy atom. The number of ether oxygens (including phenoxy) is 2. The summed E-state index contributed by atoms with van der Waals surface area (Å²) in [6.07, 6.45) is -0.0870. The first kappa shape index (κ1) is 8.99. The minimum Gasteiger partial charge on any atom is -0.433 e. The van der Waals surface area contributed by atoms with Crippen molar-refractivity contribution >= 4 is 11.9 Å². The molecule has 1 aliphatic rings. The molecule has 0 spiro atoms. The summed E-state index contributed by atoms with van der Waals surface area (Å²) in [5.74, 6) is 0.226. The quantitative estimate of drug-likeness (QED) is 0.664. The van der Waals surface area contributed by atoms with Gasteiger partial charge in [0, 0.05) is 13.5 Å². The number of amides is 1. The van der Waals surface area contributed by atoms with E-state index in [4.69, 9.17) is 15.2 Å². The Morgan fingerprint density at radius 2 is 2.42 bits per heavy atom. The third kappa shape index (κ3) is 1.55. The van der Waals surface area contributed by atoms with Crippen molar-refractivity contribution in [2.75, 3.05) is 13.7 Å². The van der Waals surface area contributed by atoms with E-state index in [0.29, 0.717) is 13.0 Å². The van der Waals surface area contributed by atoms with Crippen LogP contribution in [0, 0.1) is 0 Å². The summed E-state index contributed by atoms with van der Waals surface area (Å²) < 4.78 is 9.77. The number of methoxy groups -OCH3 is 1. The number of rotatable bonds is 3. The number of nitrogens with two attached hydrogens (primary N) is 1. The Kier molecular flexibility index (Phi) is 2.32. The van der Waals surface area contributed by atoms with Crippen molar-refractivity contribution in [3.8, 4) is 0 Å². The average molecular weight is 172 g/mol. The van der Waals surface area contributed by atoms with Gasteiger partial charge in [-0.3, -0.25) is 0 Å². The third-order valence-electron chi connectivity index (χ3n) is 1.85. The highest BCUT2D eigenvalue weighted by atomic mass is 16.6. The van der Waals surface area contributed by atoms with E-state index in [1.165, 1.54) is 0 Å². The second kappa shape index (κ2) is 3.10. The van der Waals surface area contributed by atoms with Gasteiger partial charge in [-0.05, 0) is 6.92 Å². The van der Waals surface area contributed by atoms with Gasteiger partial charge in [0.05, 0.1) is 6.61 Å². The Morgan fingerprint density at radius 1 is 1.75 bits per heavy atom. The van der Waals surface area contributed by atoms with Crippen molar-refractivity contribution in [1.82, 2.24) is 0 Å². The van der Waals surface area contributed by atoms with Crippen LogP contribution in [0.5, 0.6) is 0 Å². The van der Waals surface area contributed by atoms with E-state index in [0.717, 1.165) is 0 Å². The summed E-state index contributed by atoms with van der Waals surface area (Å²) in [7, 11) is 1.58. The molecular formula is C7H12N2O3. The minimum atomic E-state index is -0.771. The molecule has 5 heteroatoms. The van der Waals surface area contributed by atoms with E-state index in [2.05, 4.69) is 4.99 Å².